The van der Waals surface area contributed by atoms with E-state index in [1.54, 1.807) is 13.3 Å². The van der Waals surface area contributed by atoms with Gasteiger partial charge in [-0.2, -0.15) is 0 Å². The summed E-state index contributed by atoms with van der Waals surface area (Å²) >= 11 is 0. The Labute approximate surface area is 126 Å². The molecule has 0 unspecified atom stereocenters. The second kappa shape index (κ2) is 6.93. The predicted octanol–water partition coefficient (Wildman–Crippen LogP) is 1.73. The van der Waals surface area contributed by atoms with Crippen molar-refractivity contribution in [2.75, 3.05) is 26.8 Å². The summed E-state index contributed by atoms with van der Waals surface area (Å²) in [4.78, 5) is 18.4. The molecule has 1 atom stereocenters. The zero-order valence-electron chi connectivity index (χ0n) is 13.2. The number of hydrogen-bond donors (Lipinski definition) is 1. The molecule has 1 aromatic rings. The van der Waals surface area contributed by atoms with Gasteiger partial charge in [0.05, 0.1) is 18.5 Å². The molecular formula is C15H26N4O2. The number of imidazole rings is 1. The summed E-state index contributed by atoms with van der Waals surface area (Å²) in [5, 5.41) is 3.05. The van der Waals surface area contributed by atoms with Gasteiger partial charge in [0.2, 0.25) is 0 Å². The Morgan fingerprint density at radius 2 is 2.33 bits per heavy atom. The third kappa shape index (κ3) is 4.74. The van der Waals surface area contributed by atoms with Crippen molar-refractivity contribution >= 4 is 6.03 Å². The van der Waals surface area contributed by atoms with Crippen molar-refractivity contribution in [1.29, 1.82) is 0 Å². The van der Waals surface area contributed by atoms with Crippen LogP contribution in [0.4, 0.5) is 4.79 Å². The molecule has 1 aliphatic rings. The van der Waals surface area contributed by atoms with Crippen molar-refractivity contribution < 1.29 is 9.53 Å². The smallest absolute Gasteiger partial charge is 0.317 e. The highest BCUT2D eigenvalue weighted by Gasteiger charge is 2.27. The average Bonchev–Trinajstić information content (AvgIpc) is 2.91. The monoisotopic (exact) mass is 294 g/mol. The van der Waals surface area contributed by atoms with Crippen LogP contribution >= 0.6 is 0 Å². The molecule has 0 spiro atoms. The van der Waals surface area contributed by atoms with Gasteiger partial charge < -0.3 is 19.5 Å². The van der Waals surface area contributed by atoms with Crippen molar-refractivity contribution in [1.82, 2.24) is 19.8 Å². The van der Waals surface area contributed by atoms with Crippen LogP contribution in [0, 0.1) is 5.92 Å². The minimum absolute atomic E-state index is 0.00683. The molecule has 0 radical (unpaired) electrons. The fourth-order valence-corrected chi connectivity index (χ4v) is 2.86. The molecule has 0 aromatic carbocycles. The van der Waals surface area contributed by atoms with Gasteiger partial charge in [-0.15, -0.1) is 0 Å². The average molecular weight is 294 g/mol. The summed E-state index contributed by atoms with van der Waals surface area (Å²) in [5.41, 5.74) is -0.344. The zero-order valence-corrected chi connectivity index (χ0v) is 13.2. The number of aromatic nitrogens is 2. The number of carbonyl (C=O) groups is 1. The first-order valence-corrected chi connectivity index (χ1v) is 7.52. The Morgan fingerprint density at radius 3 is 3.00 bits per heavy atom. The molecule has 0 bridgehead atoms. The Kier molecular flexibility index (Phi) is 5.22. The molecule has 1 aliphatic heterocycles. The van der Waals surface area contributed by atoms with Crippen molar-refractivity contribution in [2.24, 2.45) is 5.92 Å². The van der Waals surface area contributed by atoms with Gasteiger partial charge in [0.15, 0.2) is 0 Å². The largest absolute Gasteiger partial charge is 0.382 e. The first-order valence-electron chi connectivity index (χ1n) is 7.52. The summed E-state index contributed by atoms with van der Waals surface area (Å²) in [7, 11) is 1.65. The lowest BCUT2D eigenvalue weighted by Crippen LogP contribution is -2.54. The van der Waals surface area contributed by atoms with Crippen LogP contribution < -0.4 is 5.32 Å². The minimum atomic E-state index is -0.344. The highest BCUT2D eigenvalue weighted by molar-refractivity contribution is 5.75. The zero-order chi connectivity index (χ0) is 15.3. The lowest BCUT2D eigenvalue weighted by Gasteiger charge is -2.35. The fourth-order valence-electron chi connectivity index (χ4n) is 2.86. The molecule has 6 nitrogen and oxygen atoms in total. The quantitative estimate of drug-likeness (QED) is 0.899. The first kappa shape index (κ1) is 15.8. The Morgan fingerprint density at radius 1 is 1.52 bits per heavy atom. The number of rotatable bonds is 5. The third-order valence-corrected chi connectivity index (χ3v) is 3.78. The minimum Gasteiger partial charge on any atom is -0.382 e. The molecule has 0 saturated carbocycles. The van der Waals surface area contributed by atoms with E-state index >= 15 is 0 Å². The van der Waals surface area contributed by atoms with Crippen LogP contribution in [0.1, 0.15) is 26.7 Å². The normalized spacial score (nSPS) is 19.6. The summed E-state index contributed by atoms with van der Waals surface area (Å²) in [6.45, 7) is 7.00. The molecule has 21 heavy (non-hydrogen) atoms. The summed E-state index contributed by atoms with van der Waals surface area (Å²) < 4.78 is 7.23. The molecule has 2 rings (SSSR count). The maximum atomic E-state index is 12.4. The first-order chi connectivity index (χ1) is 10.00. The van der Waals surface area contributed by atoms with E-state index in [2.05, 4.69) is 14.9 Å². The highest BCUT2D eigenvalue weighted by Crippen LogP contribution is 2.19. The van der Waals surface area contributed by atoms with E-state index in [1.807, 2.05) is 31.3 Å². The van der Waals surface area contributed by atoms with Gasteiger partial charge in [0.25, 0.3) is 0 Å². The molecule has 1 N–H and O–H groups in total. The number of urea groups is 1. The number of hydrogen-bond acceptors (Lipinski definition) is 3. The number of likely N-dealkylation sites (tertiary alicyclic amines) is 1. The maximum Gasteiger partial charge on any atom is 0.317 e. The summed E-state index contributed by atoms with van der Waals surface area (Å²) in [6, 6.07) is 0.00683. The number of nitrogens with one attached hydrogen (secondary N) is 1. The number of piperidine rings is 1. The Hall–Kier alpha value is -1.56. The van der Waals surface area contributed by atoms with E-state index in [1.165, 1.54) is 0 Å². The molecular weight excluding hydrogens is 268 g/mol. The predicted molar refractivity (Wildman–Crippen MR) is 81.0 cm³/mol. The molecule has 1 saturated heterocycles. The highest BCUT2D eigenvalue weighted by atomic mass is 16.5. The molecule has 1 fully saturated rings. The number of carbonyl (C=O) groups excluding carboxylic acids is 1. The molecule has 0 aliphatic carbocycles. The molecule has 2 amide bonds. The summed E-state index contributed by atoms with van der Waals surface area (Å²) in [6.07, 6.45) is 7.81. The number of ether oxygens (including phenoxy) is 1. The second-order valence-corrected chi connectivity index (χ2v) is 6.46. The van der Waals surface area contributed by atoms with Gasteiger partial charge >= 0.3 is 6.03 Å². The van der Waals surface area contributed by atoms with Crippen LogP contribution in [0.5, 0.6) is 0 Å². The van der Waals surface area contributed by atoms with Crippen molar-refractivity contribution in [3.05, 3.63) is 18.7 Å². The Balaban J connectivity index is 1.86. The van der Waals surface area contributed by atoms with E-state index < -0.39 is 0 Å². The topological polar surface area (TPSA) is 59.4 Å². The number of nitrogens with zero attached hydrogens (tertiary/aromatic N) is 3. The van der Waals surface area contributed by atoms with E-state index in [0.717, 1.165) is 32.5 Å². The molecule has 6 heteroatoms. The van der Waals surface area contributed by atoms with Gasteiger partial charge in [-0.25, -0.2) is 9.78 Å². The van der Waals surface area contributed by atoms with Crippen LogP contribution in [0.3, 0.4) is 0 Å². The van der Waals surface area contributed by atoms with Crippen LogP contribution in [-0.2, 0) is 11.3 Å². The standard InChI is InChI=1S/C15H26N4O2/c1-15(2,11-21-3)17-14(20)19-7-4-5-13(10-19)9-18-8-6-16-12-18/h6,8,12-13H,4-5,7,9-11H2,1-3H3,(H,17,20)/t13-/m0/s1. The van der Waals surface area contributed by atoms with Crippen molar-refractivity contribution in [3.63, 3.8) is 0 Å². The van der Waals surface area contributed by atoms with E-state index in [-0.39, 0.29) is 11.6 Å². The number of amides is 2. The number of methoxy groups -OCH3 is 1. The van der Waals surface area contributed by atoms with Gasteiger partial charge in [-0.3, -0.25) is 0 Å². The lowest BCUT2D eigenvalue weighted by atomic mass is 9.98. The maximum absolute atomic E-state index is 12.4. The van der Waals surface area contributed by atoms with Gasteiger partial charge in [-0.05, 0) is 32.6 Å². The van der Waals surface area contributed by atoms with E-state index in [4.69, 9.17) is 4.74 Å². The Bertz CT molecular complexity index is 445. The second-order valence-electron chi connectivity index (χ2n) is 6.46. The van der Waals surface area contributed by atoms with Crippen molar-refractivity contribution in [3.8, 4) is 0 Å². The van der Waals surface area contributed by atoms with Crippen LogP contribution in [-0.4, -0.2) is 52.8 Å². The third-order valence-electron chi connectivity index (χ3n) is 3.78. The lowest BCUT2D eigenvalue weighted by molar-refractivity contribution is 0.114. The SMILES string of the molecule is COCC(C)(C)NC(=O)N1CCC[C@@H](Cn2ccnc2)C1. The molecule has 1 aromatic heterocycles. The van der Waals surface area contributed by atoms with Gasteiger partial charge in [0, 0.05) is 39.1 Å². The van der Waals surface area contributed by atoms with Crippen LogP contribution in [0.15, 0.2) is 18.7 Å². The molecule has 2 heterocycles. The van der Waals surface area contributed by atoms with E-state index in [0.29, 0.717) is 12.5 Å². The van der Waals surface area contributed by atoms with Crippen LogP contribution in [0.25, 0.3) is 0 Å². The van der Waals surface area contributed by atoms with E-state index in [9.17, 15) is 4.79 Å². The fraction of sp³-hybridized carbons (Fsp3) is 0.733. The van der Waals surface area contributed by atoms with Crippen LogP contribution in [0.2, 0.25) is 0 Å². The van der Waals surface area contributed by atoms with Crippen molar-refractivity contribution in [2.45, 2.75) is 38.8 Å². The van der Waals surface area contributed by atoms with Gasteiger partial charge in [0.1, 0.15) is 0 Å². The van der Waals surface area contributed by atoms with Gasteiger partial charge in [-0.1, -0.05) is 0 Å². The molecule has 118 valence electrons. The summed E-state index contributed by atoms with van der Waals surface area (Å²) in [5.74, 6) is 0.490.